The molecule has 0 aliphatic rings. The summed E-state index contributed by atoms with van der Waals surface area (Å²) in [6, 6.07) is 0. The Hall–Kier alpha value is -0.200. The smallest absolute Gasteiger partial charge is 0.157 e. The number of halogens is 2. The largest absolute Gasteiger partial charge is 0.235 e. The first-order chi connectivity index (χ1) is 7.94. The summed E-state index contributed by atoms with van der Waals surface area (Å²) in [5.74, 6) is 0.232. The molecule has 0 saturated carbocycles. The molecule has 102 valence electrons. The molecule has 1 rings (SSSR count). The summed E-state index contributed by atoms with van der Waals surface area (Å²) >= 11 is 9.37. The number of aromatic nitrogens is 2. The van der Waals surface area contributed by atoms with Crippen molar-refractivity contribution in [3.63, 3.8) is 0 Å². The van der Waals surface area contributed by atoms with Gasteiger partial charge < -0.3 is 0 Å². The van der Waals surface area contributed by atoms with Crippen LogP contribution in [0.3, 0.4) is 0 Å². The number of rotatable bonds is 2. The van der Waals surface area contributed by atoms with Crippen molar-refractivity contribution < 1.29 is 8.42 Å². The highest BCUT2D eigenvalue weighted by atomic mass is 79.9. The predicted octanol–water partition coefficient (Wildman–Crippen LogP) is 3.30. The van der Waals surface area contributed by atoms with E-state index in [-0.39, 0.29) is 16.4 Å². The van der Waals surface area contributed by atoms with Gasteiger partial charge in [-0.3, -0.25) is 0 Å². The molecular formula is C11H16BrClN2O2S. The first kappa shape index (κ1) is 15.9. The molecule has 7 heteroatoms. The van der Waals surface area contributed by atoms with E-state index in [1.165, 1.54) is 0 Å². The molecule has 0 fully saturated rings. The third kappa shape index (κ3) is 3.42. The van der Waals surface area contributed by atoms with E-state index < -0.39 is 15.1 Å². The fourth-order valence-corrected chi connectivity index (χ4v) is 2.74. The third-order valence-electron chi connectivity index (χ3n) is 2.54. The summed E-state index contributed by atoms with van der Waals surface area (Å²) in [5.41, 5.74) is 0.449. The van der Waals surface area contributed by atoms with Crippen LogP contribution in [0.15, 0.2) is 4.47 Å². The summed E-state index contributed by atoms with van der Waals surface area (Å²) in [6.45, 7) is 7.49. The molecule has 0 bridgehead atoms. The summed E-state index contributed by atoms with van der Waals surface area (Å²) < 4.78 is 23.7. The van der Waals surface area contributed by atoms with Gasteiger partial charge in [0.25, 0.3) is 0 Å². The van der Waals surface area contributed by atoms with Gasteiger partial charge in [-0.05, 0) is 22.9 Å². The van der Waals surface area contributed by atoms with Crippen molar-refractivity contribution in [3.8, 4) is 0 Å². The van der Waals surface area contributed by atoms with Crippen LogP contribution in [0.5, 0.6) is 0 Å². The summed E-state index contributed by atoms with van der Waals surface area (Å²) in [7, 11) is -3.25. The fourth-order valence-electron chi connectivity index (χ4n) is 1.31. The minimum absolute atomic E-state index is 0.232. The van der Waals surface area contributed by atoms with E-state index in [2.05, 4.69) is 25.9 Å². The molecule has 1 heterocycles. The molecule has 0 aliphatic heterocycles. The maximum Gasteiger partial charge on any atom is 0.157 e. The Morgan fingerprint density at radius 1 is 1.28 bits per heavy atom. The van der Waals surface area contributed by atoms with Gasteiger partial charge in [0.05, 0.1) is 10.2 Å². The summed E-state index contributed by atoms with van der Waals surface area (Å²) in [5, 5.41) is -0.537. The van der Waals surface area contributed by atoms with Gasteiger partial charge in [0.15, 0.2) is 9.84 Å². The van der Waals surface area contributed by atoms with Crippen LogP contribution in [0.4, 0.5) is 0 Å². The van der Waals surface area contributed by atoms with Crippen LogP contribution < -0.4 is 0 Å². The van der Waals surface area contributed by atoms with Crippen molar-refractivity contribution in [2.75, 3.05) is 6.26 Å². The van der Waals surface area contributed by atoms with Crippen molar-refractivity contribution >= 4 is 37.4 Å². The molecule has 0 radical (unpaired) electrons. The Balaban J connectivity index is 3.48. The maximum absolute atomic E-state index is 11.6. The second kappa shape index (κ2) is 5.06. The maximum atomic E-state index is 11.6. The van der Waals surface area contributed by atoms with Gasteiger partial charge >= 0.3 is 0 Å². The van der Waals surface area contributed by atoms with Crippen LogP contribution in [0.25, 0.3) is 0 Å². The quantitative estimate of drug-likeness (QED) is 0.764. The van der Waals surface area contributed by atoms with Crippen LogP contribution in [-0.4, -0.2) is 24.6 Å². The lowest BCUT2D eigenvalue weighted by Gasteiger charge is -2.21. The predicted molar refractivity (Wildman–Crippen MR) is 76.7 cm³/mol. The zero-order valence-electron chi connectivity index (χ0n) is 11.0. The number of hydrogen-bond acceptors (Lipinski definition) is 4. The normalized spacial score (nSPS) is 14.6. The Morgan fingerprint density at radius 2 is 1.78 bits per heavy atom. The first-order valence-electron chi connectivity index (χ1n) is 5.37. The van der Waals surface area contributed by atoms with Crippen LogP contribution >= 0.6 is 27.5 Å². The molecule has 4 nitrogen and oxygen atoms in total. The van der Waals surface area contributed by atoms with Crippen LogP contribution in [0.1, 0.15) is 44.5 Å². The minimum atomic E-state index is -3.25. The average Bonchev–Trinajstić information content (AvgIpc) is 2.17. The van der Waals surface area contributed by atoms with Crippen molar-refractivity contribution in [1.29, 1.82) is 0 Å². The van der Waals surface area contributed by atoms with Crippen LogP contribution in [-0.2, 0) is 15.3 Å². The molecule has 1 aromatic rings. The van der Waals surface area contributed by atoms with Crippen molar-refractivity contribution in [1.82, 2.24) is 9.97 Å². The van der Waals surface area contributed by atoms with E-state index in [9.17, 15) is 8.42 Å². The summed E-state index contributed by atoms with van der Waals surface area (Å²) in [4.78, 5) is 8.39. The fraction of sp³-hybridized carbons (Fsp3) is 0.636. The van der Waals surface area contributed by atoms with E-state index >= 15 is 0 Å². The van der Waals surface area contributed by atoms with Crippen molar-refractivity contribution in [2.45, 2.75) is 38.4 Å². The van der Waals surface area contributed by atoms with Crippen LogP contribution in [0, 0.1) is 0 Å². The van der Waals surface area contributed by atoms with E-state index in [1.54, 1.807) is 6.92 Å². The minimum Gasteiger partial charge on any atom is -0.235 e. The highest BCUT2D eigenvalue weighted by molar-refractivity contribution is 9.10. The van der Waals surface area contributed by atoms with Gasteiger partial charge in [-0.1, -0.05) is 32.4 Å². The van der Waals surface area contributed by atoms with E-state index in [0.717, 1.165) is 6.26 Å². The van der Waals surface area contributed by atoms with Crippen LogP contribution in [0.2, 0.25) is 5.15 Å². The third-order valence-corrected chi connectivity index (χ3v) is 5.29. The summed E-state index contributed by atoms with van der Waals surface area (Å²) in [6.07, 6.45) is 1.16. The number of nitrogens with zero attached hydrogens (tertiary/aromatic N) is 2. The standard InChI is InChI=1S/C11H16BrClN2O2S/c1-6(18(5,16)17)10-14-8(11(2,3)4)7(12)9(13)15-10/h6H,1-5H3. The topological polar surface area (TPSA) is 59.9 Å². The molecule has 18 heavy (non-hydrogen) atoms. The monoisotopic (exact) mass is 354 g/mol. The Bertz CT molecular complexity index is 567. The molecule has 0 aromatic carbocycles. The van der Waals surface area contributed by atoms with Gasteiger partial charge in [-0.2, -0.15) is 0 Å². The zero-order valence-corrected chi connectivity index (χ0v) is 14.1. The molecule has 1 aromatic heterocycles. The number of hydrogen-bond donors (Lipinski definition) is 0. The SMILES string of the molecule is CC(c1nc(Cl)c(Br)c(C(C)(C)C)n1)S(C)(=O)=O. The van der Waals surface area contributed by atoms with Gasteiger partial charge in [0, 0.05) is 11.7 Å². The van der Waals surface area contributed by atoms with E-state index in [1.807, 2.05) is 20.8 Å². The first-order valence-corrected chi connectivity index (χ1v) is 8.49. The second-order valence-electron chi connectivity index (χ2n) is 5.26. The van der Waals surface area contributed by atoms with Gasteiger partial charge in [0.1, 0.15) is 16.2 Å². The highest BCUT2D eigenvalue weighted by Crippen LogP contribution is 2.33. The molecule has 0 aliphatic carbocycles. The average molecular weight is 356 g/mol. The zero-order chi connectivity index (χ0) is 14.3. The lowest BCUT2D eigenvalue weighted by atomic mass is 9.92. The molecule has 1 unspecified atom stereocenters. The number of sulfone groups is 1. The molecular weight excluding hydrogens is 340 g/mol. The van der Waals surface area contributed by atoms with E-state index in [0.29, 0.717) is 10.2 Å². The lowest BCUT2D eigenvalue weighted by Crippen LogP contribution is -2.19. The van der Waals surface area contributed by atoms with Crippen molar-refractivity contribution in [2.24, 2.45) is 0 Å². The molecule has 0 amide bonds. The molecule has 0 N–H and O–H groups in total. The highest BCUT2D eigenvalue weighted by Gasteiger charge is 2.27. The molecule has 1 atom stereocenters. The molecule has 0 saturated heterocycles. The Labute approximate surface area is 121 Å². The van der Waals surface area contributed by atoms with Crippen molar-refractivity contribution in [3.05, 3.63) is 21.1 Å². The Morgan fingerprint density at radius 3 is 2.17 bits per heavy atom. The Kier molecular flexibility index (Phi) is 4.45. The van der Waals surface area contributed by atoms with Gasteiger partial charge in [-0.15, -0.1) is 0 Å². The molecule has 0 spiro atoms. The van der Waals surface area contributed by atoms with Gasteiger partial charge in [0.2, 0.25) is 0 Å². The lowest BCUT2D eigenvalue weighted by molar-refractivity contribution is 0.554. The van der Waals surface area contributed by atoms with E-state index in [4.69, 9.17) is 11.6 Å². The van der Waals surface area contributed by atoms with Gasteiger partial charge in [-0.25, -0.2) is 18.4 Å². The second-order valence-corrected chi connectivity index (χ2v) is 8.77.